The highest BCUT2D eigenvalue weighted by Crippen LogP contribution is 2.17. The van der Waals surface area contributed by atoms with Crippen molar-refractivity contribution in [3.8, 4) is 11.3 Å². The van der Waals surface area contributed by atoms with Gasteiger partial charge in [0, 0.05) is 24.0 Å². The second kappa shape index (κ2) is 4.02. The van der Waals surface area contributed by atoms with Gasteiger partial charge in [0.15, 0.2) is 5.76 Å². The first-order valence-corrected chi connectivity index (χ1v) is 4.41. The van der Waals surface area contributed by atoms with Crippen molar-refractivity contribution in [3.05, 3.63) is 36.4 Å². The fraction of sp³-hybridized carbons (Fsp3) is 0.200. The zero-order valence-electron chi connectivity index (χ0n) is 7.90. The molecule has 0 unspecified atom stereocenters. The van der Waals surface area contributed by atoms with Crippen molar-refractivity contribution >= 4 is 0 Å². The van der Waals surface area contributed by atoms with E-state index in [1.54, 1.807) is 12.4 Å². The van der Waals surface area contributed by atoms with E-state index in [1.807, 2.05) is 25.2 Å². The Balaban J connectivity index is 2.25. The quantitative estimate of drug-likeness (QED) is 0.794. The van der Waals surface area contributed by atoms with Crippen LogP contribution >= 0.6 is 0 Å². The molecule has 2 heterocycles. The van der Waals surface area contributed by atoms with Gasteiger partial charge in [-0.05, 0) is 19.2 Å². The molecule has 1 N–H and O–H groups in total. The van der Waals surface area contributed by atoms with Crippen LogP contribution in [0.1, 0.15) is 5.76 Å². The summed E-state index contributed by atoms with van der Waals surface area (Å²) in [6.45, 7) is 0.688. The molecule has 4 nitrogen and oxygen atoms in total. The highest BCUT2D eigenvalue weighted by atomic mass is 16.5. The molecule has 0 radical (unpaired) electrons. The molecule has 0 fully saturated rings. The number of aromatic nitrogens is 2. The lowest BCUT2D eigenvalue weighted by Crippen LogP contribution is -2.03. The van der Waals surface area contributed by atoms with E-state index in [4.69, 9.17) is 4.52 Å². The Labute approximate surface area is 82.0 Å². The van der Waals surface area contributed by atoms with Gasteiger partial charge in [0.1, 0.15) is 5.69 Å². The van der Waals surface area contributed by atoms with Crippen LogP contribution in [0.15, 0.2) is 35.1 Å². The van der Waals surface area contributed by atoms with Crippen molar-refractivity contribution in [2.75, 3.05) is 7.05 Å². The van der Waals surface area contributed by atoms with E-state index in [0.717, 1.165) is 17.0 Å². The molecule has 0 amide bonds. The minimum absolute atomic E-state index is 0.688. The molecule has 2 rings (SSSR count). The molecule has 0 saturated carbocycles. The molecule has 2 aromatic heterocycles. The molecule has 2 aromatic rings. The third kappa shape index (κ3) is 1.80. The minimum atomic E-state index is 0.688. The Morgan fingerprint density at radius 2 is 2.43 bits per heavy atom. The summed E-state index contributed by atoms with van der Waals surface area (Å²) in [5, 5.41) is 6.95. The van der Waals surface area contributed by atoms with Gasteiger partial charge in [0.05, 0.1) is 6.54 Å². The molecule has 0 aliphatic rings. The summed E-state index contributed by atoms with van der Waals surface area (Å²) >= 11 is 0. The smallest absolute Gasteiger partial charge is 0.151 e. The largest absolute Gasteiger partial charge is 0.359 e. The van der Waals surface area contributed by atoms with Gasteiger partial charge in [-0.1, -0.05) is 5.16 Å². The third-order valence-electron chi connectivity index (χ3n) is 1.87. The number of nitrogens with zero attached hydrogens (tertiary/aromatic N) is 2. The van der Waals surface area contributed by atoms with Gasteiger partial charge in [-0.15, -0.1) is 0 Å². The molecule has 0 aliphatic heterocycles. The van der Waals surface area contributed by atoms with Crippen molar-refractivity contribution in [2.24, 2.45) is 0 Å². The molecule has 0 bridgehead atoms. The Kier molecular flexibility index (Phi) is 2.55. The van der Waals surface area contributed by atoms with Crippen molar-refractivity contribution < 1.29 is 4.52 Å². The molecule has 0 atom stereocenters. The Hall–Kier alpha value is -1.68. The van der Waals surface area contributed by atoms with Gasteiger partial charge < -0.3 is 9.84 Å². The number of hydrogen-bond donors (Lipinski definition) is 1. The molecule has 0 saturated heterocycles. The normalized spacial score (nSPS) is 10.4. The summed E-state index contributed by atoms with van der Waals surface area (Å²) in [5.41, 5.74) is 1.79. The first-order chi connectivity index (χ1) is 6.90. The highest BCUT2D eigenvalue weighted by molar-refractivity contribution is 5.56. The SMILES string of the molecule is CNCc1cc(-c2cccnc2)no1. The van der Waals surface area contributed by atoms with Gasteiger partial charge in [0.25, 0.3) is 0 Å². The van der Waals surface area contributed by atoms with E-state index in [0.29, 0.717) is 6.54 Å². The summed E-state index contributed by atoms with van der Waals surface area (Å²) in [5.74, 6) is 0.825. The topological polar surface area (TPSA) is 51.0 Å². The van der Waals surface area contributed by atoms with Crippen molar-refractivity contribution in [1.82, 2.24) is 15.5 Å². The lowest BCUT2D eigenvalue weighted by atomic mass is 10.2. The van der Waals surface area contributed by atoms with Crippen LogP contribution in [-0.4, -0.2) is 17.2 Å². The standard InChI is InChI=1S/C10H11N3O/c1-11-7-9-5-10(13-14-9)8-3-2-4-12-6-8/h2-6,11H,7H2,1H3. The molecular weight excluding hydrogens is 178 g/mol. The first kappa shape index (κ1) is 8.90. The van der Waals surface area contributed by atoms with Crippen LogP contribution in [-0.2, 0) is 6.54 Å². The van der Waals surface area contributed by atoms with Crippen molar-refractivity contribution in [1.29, 1.82) is 0 Å². The molecule has 0 spiro atoms. The molecule has 4 heteroatoms. The van der Waals surface area contributed by atoms with Gasteiger partial charge >= 0.3 is 0 Å². The van der Waals surface area contributed by atoms with Crippen LogP contribution in [0.3, 0.4) is 0 Å². The Morgan fingerprint density at radius 3 is 3.14 bits per heavy atom. The zero-order chi connectivity index (χ0) is 9.80. The number of rotatable bonds is 3. The van der Waals surface area contributed by atoms with Crippen molar-refractivity contribution in [2.45, 2.75) is 6.54 Å². The van der Waals surface area contributed by atoms with Gasteiger partial charge in [-0.3, -0.25) is 4.98 Å². The fourth-order valence-corrected chi connectivity index (χ4v) is 1.22. The summed E-state index contributed by atoms with van der Waals surface area (Å²) < 4.78 is 5.12. The molecule has 0 aromatic carbocycles. The summed E-state index contributed by atoms with van der Waals surface area (Å²) in [7, 11) is 1.87. The fourth-order valence-electron chi connectivity index (χ4n) is 1.22. The average Bonchev–Trinajstić information content (AvgIpc) is 2.68. The average molecular weight is 189 g/mol. The van der Waals surface area contributed by atoms with E-state index >= 15 is 0 Å². The van der Waals surface area contributed by atoms with E-state index in [9.17, 15) is 0 Å². The van der Waals surface area contributed by atoms with E-state index in [1.165, 1.54) is 0 Å². The van der Waals surface area contributed by atoms with Crippen LogP contribution in [0.2, 0.25) is 0 Å². The lowest BCUT2D eigenvalue weighted by Gasteiger charge is -1.90. The van der Waals surface area contributed by atoms with Crippen LogP contribution in [0, 0.1) is 0 Å². The number of hydrogen-bond acceptors (Lipinski definition) is 4. The first-order valence-electron chi connectivity index (χ1n) is 4.41. The van der Waals surface area contributed by atoms with Gasteiger partial charge in [-0.2, -0.15) is 0 Å². The van der Waals surface area contributed by atoms with E-state index in [-0.39, 0.29) is 0 Å². The predicted octanol–water partition coefficient (Wildman–Crippen LogP) is 1.46. The number of nitrogens with one attached hydrogen (secondary N) is 1. The zero-order valence-corrected chi connectivity index (χ0v) is 7.90. The molecule has 0 aliphatic carbocycles. The lowest BCUT2D eigenvalue weighted by molar-refractivity contribution is 0.379. The van der Waals surface area contributed by atoms with E-state index in [2.05, 4.69) is 15.5 Å². The third-order valence-corrected chi connectivity index (χ3v) is 1.87. The number of pyridine rings is 1. The maximum Gasteiger partial charge on any atom is 0.151 e. The summed E-state index contributed by atoms with van der Waals surface area (Å²) in [6.07, 6.45) is 3.50. The van der Waals surface area contributed by atoms with Crippen LogP contribution < -0.4 is 5.32 Å². The molecule has 14 heavy (non-hydrogen) atoms. The Morgan fingerprint density at radius 1 is 1.50 bits per heavy atom. The molecular formula is C10H11N3O. The maximum absolute atomic E-state index is 5.12. The second-order valence-corrected chi connectivity index (χ2v) is 2.95. The van der Waals surface area contributed by atoms with Gasteiger partial charge in [0.2, 0.25) is 0 Å². The molecule has 72 valence electrons. The van der Waals surface area contributed by atoms with Crippen LogP contribution in [0.5, 0.6) is 0 Å². The van der Waals surface area contributed by atoms with Gasteiger partial charge in [-0.25, -0.2) is 0 Å². The minimum Gasteiger partial charge on any atom is -0.359 e. The monoisotopic (exact) mass is 189 g/mol. The second-order valence-electron chi connectivity index (χ2n) is 2.95. The Bertz CT molecular complexity index is 397. The maximum atomic E-state index is 5.12. The summed E-state index contributed by atoms with van der Waals surface area (Å²) in [4.78, 5) is 4.02. The van der Waals surface area contributed by atoms with Crippen molar-refractivity contribution in [3.63, 3.8) is 0 Å². The van der Waals surface area contributed by atoms with Crippen LogP contribution in [0.25, 0.3) is 11.3 Å². The summed E-state index contributed by atoms with van der Waals surface area (Å²) in [6, 6.07) is 5.74. The van der Waals surface area contributed by atoms with Crippen LogP contribution in [0.4, 0.5) is 0 Å². The highest BCUT2D eigenvalue weighted by Gasteiger charge is 2.04. The van der Waals surface area contributed by atoms with E-state index < -0.39 is 0 Å². The predicted molar refractivity (Wildman–Crippen MR) is 52.5 cm³/mol.